The predicted molar refractivity (Wildman–Crippen MR) is 125 cm³/mol. The van der Waals surface area contributed by atoms with E-state index in [1.807, 2.05) is 0 Å². The molecule has 2 heterocycles. The Kier molecular flexibility index (Phi) is 8.43. The molecule has 31 heavy (non-hydrogen) atoms. The van der Waals surface area contributed by atoms with Crippen molar-refractivity contribution >= 4 is 55.7 Å². The van der Waals surface area contributed by atoms with E-state index in [0.29, 0.717) is 40.5 Å². The first-order valence-corrected chi connectivity index (χ1v) is 13.0. The number of sulfonamides is 1. The summed E-state index contributed by atoms with van der Waals surface area (Å²) in [6.07, 6.45) is 5.25. The van der Waals surface area contributed by atoms with Crippen molar-refractivity contribution in [2.75, 3.05) is 29.5 Å². The summed E-state index contributed by atoms with van der Waals surface area (Å²) in [7, 11) is -3.76. The zero-order valence-electron chi connectivity index (χ0n) is 16.8. The number of amides is 1. The van der Waals surface area contributed by atoms with Gasteiger partial charge in [-0.2, -0.15) is 0 Å². The summed E-state index contributed by atoms with van der Waals surface area (Å²) in [6.45, 7) is 4.84. The molecule has 0 unspecified atom stereocenters. The van der Waals surface area contributed by atoms with Gasteiger partial charge < -0.3 is 10.6 Å². The summed E-state index contributed by atoms with van der Waals surface area (Å²) in [5.41, 5.74) is 0.405. The maximum Gasteiger partial charge on any atom is 0.262 e. The normalized spacial score (nSPS) is 14.3. The zero-order chi connectivity index (χ0) is 22.1. The van der Waals surface area contributed by atoms with E-state index >= 15 is 0 Å². The van der Waals surface area contributed by atoms with Crippen molar-refractivity contribution in [2.24, 2.45) is 4.99 Å². The molecule has 1 aromatic carbocycles. The molecule has 3 rings (SSSR count). The molecule has 0 fully saturated rings. The molecule has 1 aliphatic rings. The number of nitrogens with zero attached hydrogens (tertiary/aromatic N) is 3. The number of aliphatic imine (C=N–C) groups is 1. The number of rotatable bonds is 9. The Bertz CT molecular complexity index is 1050. The molecule has 0 bridgehead atoms. The first-order valence-electron chi connectivity index (χ1n) is 9.73. The van der Waals surface area contributed by atoms with Crippen LogP contribution in [0.15, 0.2) is 51.1 Å². The van der Waals surface area contributed by atoms with E-state index in [1.165, 1.54) is 35.2 Å². The summed E-state index contributed by atoms with van der Waals surface area (Å²) in [5, 5.41) is 14.4. The monoisotopic (exact) mass is 480 g/mol. The van der Waals surface area contributed by atoms with Gasteiger partial charge in [-0.3, -0.25) is 14.5 Å². The number of hydrogen-bond acceptors (Lipinski definition) is 9. The number of aromatic nitrogens is 2. The molecule has 9 nitrogen and oxygen atoms in total. The lowest BCUT2D eigenvalue weighted by molar-refractivity contribution is -0.113. The summed E-state index contributed by atoms with van der Waals surface area (Å²) in [4.78, 5) is 16.7. The van der Waals surface area contributed by atoms with Crippen molar-refractivity contribution in [1.82, 2.24) is 14.9 Å². The van der Waals surface area contributed by atoms with Crippen LogP contribution in [0.1, 0.15) is 25.7 Å². The minimum atomic E-state index is -3.76. The quantitative estimate of drug-likeness (QED) is 0.372. The molecule has 3 N–H and O–H groups in total. The van der Waals surface area contributed by atoms with E-state index in [9.17, 15) is 13.2 Å². The highest BCUT2D eigenvalue weighted by Gasteiger charge is 2.18. The second-order valence-corrected chi connectivity index (χ2v) is 10.5. The molecule has 1 amide bonds. The van der Waals surface area contributed by atoms with Crippen LogP contribution >= 0.6 is 23.1 Å². The van der Waals surface area contributed by atoms with Crippen LogP contribution in [0, 0.1) is 0 Å². The van der Waals surface area contributed by atoms with E-state index in [1.54, 1.807) is 18.2 Å². The Morgan fingerprint density at radius 1 is 1.26 bits per heavy atom. The van der Waals surface area contributed by atoms with Crippen molar-refractivity contribution in [3.63, 3.8) is 0 Å². The number of carbonyl (C=O) groups is 1. The Labute approximate surface area is 189 Å². The Balaban J connectivity index is 1.56. The fraction of sp³-hybridized carbons (Fsp3) is 0.368. The Morgan fingerprint density at radius 2 is 2.13 bits per heavy atom. The van der Waals surface area contributed by atoms with Gasteiger partial charge in [0, 0.05) is 25.2 Å². The minimum Gasteiger partial charge on any atom is -0.357 e. The number of benzene rings is 1. The van der Waals surface area contributed by atoms with Crippen LogP contribution in [0.2, 0.25) is 0 Å². The molecular formula is C19H24N6O3S3. The third-order valence-corrected chi connectivity index (χ3v) is 7.58. The number of thioether (sulfide) groups is 1. The molecule has 0 saturated carbocycles. The largest absolute Gasteiger partial charge is 0.357 e. The second-order valence-electron chi connectivity index (χ2n) is 6.65. The lowest BCUT2D eigenvalue weighted by Crippen LogP contribution is -2.30. The second kappa shape index (κ2) is 11.3. The zero-order valence-corrected chi connectivity index (χ0v) is 19.3. The molecule has 2 aromatic rings. The van der Waals surface area contributed by atoms with Gasteiger partial charge >= 0.3 is 0 Å². The summed E-state index contributed by atoms with van der Waals surface area (Å²) in [5.74, 6) is 0.348. The highest BCUT2D eigenvalue weighted by molar-refractivity contribution is 8.01. The molecule has 1 aliphatic heterocycles. The molecule has 0 spiro atoms. The third-order valence-electron chi connectivity index (χ3n) is 4.19. The van der Waals surface area contributed by atoms with Crippen LogP contribution in [0.3, 0.4) is 0 Å². The van der Waals surface area contributed by atoms with Crippen LogP contribution in [0.5, 0.6) is 0 Å². The van der Waals surface area contributed by atoms with Gasteiger partial charge in [-0.25, -0.2) is 8.42 Å². The van der Waals surface area contributed by atoms with Gasteiger partial charge in [0.2, 0.25) is 11.0 Å². The smallest absolute Gasteiger partial charge is 0.262 e. The molecule has 12 heteroatoms. The third kappa shape index (κ3) is 7.33. The molecule has 1 aromatic heterocycles. The summed E-state index contributed by atoms with van der Waals surface area (Å²) in [6, 6.07) is 6.16. The summed E-state index contributed by atoms with van der Waals surface area (Å²) >= 11 is 2.61. The van der Waals surface area contributed by atoms with E-state index < -0.39 is 10.0 Å². The first kappa shape index (κ1) is 23.2. The van der Waals surface area contributed by atoms with Gasteiger partial charge in [-0.15, -0.1) is 16.8 Å². The van der Waals surface area contributed by atoms with E-state index in [4.69, 9.17) is 0 Å². The molecule has 0 saturated heterocycles. The van der Waals surface area contributed by atoms with Crippen LogP contribution in [0.25, 0.3) is 0 Å². The number of anilines is 2. The summed E-state index contributed by atoms with van der Waals surface area (Å²) < 4.78 is 28.6. The van der Waals surface area contributed by atoms with E-state index in [2.05, 4.69) is 37.1 Å². The van der Waals surface area contributed by atoms with Gasteiger partial charge in [0.1, 0.15) is 5.84 Å². The van der Waals surface area contributed by atoms with Gasteiger partial charge in [-0.1, -0.05) is 41.7 Å². The van der Waals surface area contributed by atoms with Crippen molar-refractivity contribution in [1.29, 1.82) is 0 Å². The van der Waals surface area contributed by atoms with Gasteiger partial charge in [-0.05, 0) is 31.0 Å². The van der Waals surface area contributed by atoms with Crippen LogP contribution < -0.4 is 15.4 Å². The highest BCUT2D eigenvalue weighted by Crippen LogP contribution is 2.25. The lowest BCUT2D eigenvalue weighted by Gasteiger charge is -2.11. The standard InChI is InChI=1S/C19H24N6O3S3/c1-2-10-21-18-23-24-19(30-18)29-13-17(26)22-14-7-6-8-15(12-14)31(27,28)25-16-9-4-3-5-11-20-16/h2,6-8,12H,1,3-5,9-11,13H2,(H,20,25)(H,21,23)(H,22,26). The molecule has 0 atom stereocenters. The fourth-order valence-electron chi connectivity index (χ4n) is 2.74. The maximum absolute atomic E-state index is 12.7. The van der Waals surface area contributed by atoms with Crippen LogP contribution in [-0.4, -0.2) is 49.2 Å². The molecule has 0 radical (unpaired) electrons. The molecular weight excluding hydrogens is 456 g/mol. The predicted octanol–water partition coefficient (Wildman–Crippen LogP) is 3.12. The molecule has 166 valence electrons. The SMILES string of the molecule is C=CCNc1nnc(SCC(=O)Nc2cccc(S(=O)(=O)NC3=NCCCCC3)c2)s1. The Morgan fingerprint density at radius 3 is 2.97 bits per heavy atom. The number of amidine groups is 1. The highest BCUT2D eigenvalue weighted by atomic mass is 32.2. The van der Waals surface area contributed by atoms with Gasteiger partial charge in [0.25, 0.3) is 10.0 Å². The average Bonchev–Trinajstić information content (AvgIpc) is 3.06. The van der Waals surface area contributed by atoms with E-state index in [0.717, 1.165) is 19.3 Å². The average molecular weight is 481 g/mol. The van der Waals surface area contributed by atoms with Gasteiger partial charge in [0.15, 0.2) is 4.34 Å². The van der Waals surface area contributed by atoms with Crippen molar-refractivity contribution in [3.8, 4) is 0 Å². The lowest BCUT2D eigenvalue weighted by atomic mass is 10.2. The van der Waals surface area contributed by atoms with Crippen LogP contribution in [0.4, 0.5) is 10.8 Å². The van der Waals surface area contributed by atoms with Crippen molar-refractivity contribution in [2.45, 2.75) is 34.9 Å². The fourth-order valence-corrected chi connectivity index (χ4v) is 5.43. The minimum absolute atomic E-state index is 0.0759. The number of nitrogens with one attached hydrogen (secondary N) is 3. The first-order chi connectivity index (χ1) is 15.0. The van der Waals surface area contributed by atoms with E-state index in [-0.39, 0.29) is 16.6 Å². The van der Waals surface area contributed by atoms with Crippen molar-refractivity contribution < 1.29 is 13.2 Å². The van der Waals surface area contributed by atoms with Gasteiger partial charge in [0.05, 0.1) is 10.6 Å². The number of carbonyl (C=O) groups excluding carboxylic acids is 1. The maximum atomic E-state index is 12.7. The van der Waals surface area contributed by atoms with Crippen molar-refractivity contribution in [3.05, 3.63) is 36.9 Å². The van der Waals surface area contributed by atoms with Crippen LogP contribution in [-0.2, 0) is 14.8 Å². The topological polar surface area (TPSA) is 125 Å². The Hall–Kier alpha value is -2.44. The molecule has 0 aliphatic carbocycles. The number of hydrogen-bond donors (Lipinski definition) is 3.